The average Bonchev–Trinajstić information content (AvgIpc) is 3.74. The van der Waals surface area contributed by atoms with E-state index in [0.717, 1.165) is 41.5 Å². The van der Waals surface area contributed by atoms with E-state index in [-0.39, 0.29) is 74.3 Å². The standard InChI is InChI=1S/C50H60ClN5O9S/c1-11-49(7,8)33-17-23-41(37(27-33)50(9,10)12-2)62-25-13-14-42(57)52-34-18-22-38(51)39(28-34)53-46(59)44(45(58)48(4,5)6)64-40-24-19-35(56(60)61)26-32(40)30-66-47-55-54-43(65-47)29-63-36-20-15-31(3)16-21-36/h15-24,26-28,44H,11-14,25,29-30H2,1-10H3,(H,52,57)(H,53,59). The van der Waals surface area contributed by atoms with E-state index >= 15 is 0 Å². The third-order valence-corrected chi connectivity index (χ3v) is 12.7. The summed E-state index contributed by atoms with van der Waals surface area (Å²) >= 11 is 7.61. The highest BCUT2D eigenvalue weighted by molar-refractivity contribution is 7.98. The molecule has 0 saturated heterocycles. The molecule has 2 N–H and O–H groups in total. The van der Waals surface area contributed by atoms with Gasteiger partial charge in [0, 0.05) is 46.5 Å². The normalized spacial score (nSPS) is 12.3. The number of amides is 2. The number of nitrogens with one attached hydrogen (secondary N) is 2. The maximum atomic E-state index is 14.0. The molecule has 0 fully saturated rings. The van der Waals surface area contributed by atoms with Crippen LogP contribution in [0.4, 0.5) is 17.1 Å². The Kier molecular flexibility index (Phi) is 17.0. The molecule has 66 heavy (non-hydrogen) atoms. The number of ketones is 1. The number of hydrogen-bond acceptors (Lipinski definition) is 12. The largest absolute Gasteiger partial charge is 0.493 e. The molecule has 352 valence electrons. The van der Waals surface area contributed by atoms with Crippen molar-refractivity contribution in [1.82, 2.24) is 10.2 Å². The number of carbonyl (C=O) groups is 3. The number of thioether (sulfide) groups is 1. The van der Waals surface area contributed by atoms with Crippen molar-refractivity contribution in [2.45, 2.75) is 129 Å². The minimum atomic E-state index is -1.71. The van der Waals surface area contributed by atoms with E-state index in [9.17, 15) is 24.5 Å². The molecule has 1 aromatic heterocycles. The maximum Gasteiger partial charge on any atom is 0.277 e. The molecule has 1 atom stereocenters. The molecule has 0 spiro atoms. The van der Waals surface area contributed by atoms with E-state index < -0.39 is 28.1 Å². The van der Waals surface area contributed by atoms with E-state index in [0.29, 0.717) is 24.5 Å². The number of benzene rings is 4. The van der Waals surface area contributed by atoms with Crippen LogP contribution in [0.3, 0.4) is 0 Å². The molecule has 0 radical (unpaired) electrons. The molecule has 1 unspecified atom stereocenters. The monoisotopic (exact) mass is 941 g/mol. The number of ether oxygens (including phenoxy) is 3. The smallest absolute Gasteiger partial charge is 0.277 e. The zero-order valence-corrected chi connectivity index (χ0v) is 40.9. The first kappa shape index (κ1) is 51.1. The minimum Gasteiger partial charge on any atom is -0.493 e. The van der Waals surface area contributed by atoms with Gasteiger partial charge in [0.15, 0.2) is 12.4 Å². The topological polar surface area (TPSA) is 185 Å². The van der Waals surface area contributed by atoms with Crippen LogP contribution in [0.1, 0.15) is 116 Å². The van der Waals surface area contributed by atoms with Gasteiger partial charge in [0.2, 0.25) is 12.0 Å². The SMILES string of the molecule is CCC(C)(C)c1ccc(OCCCC(=O)Nc2ccc(Cl)c(NC(=O)C(Oc3ccc([N+](=O)[O-])cc3CSc3nnc(COc4ccc(C)cc4)o3)C(=O)C(C)(C)C)c2)c(C(C)(C)CC)c1. The minimum absolute atomic E-state index is 0.0228. The van der Waals surface area contributed by atoms with Gasteiger partial charge < -0.3 is 29.3 Å². The lowest BCUT2D eigenvalue weighted by atomic mass is 9.76. The van der Waals surface area contributed by atoms with Crippen LogP contribution in [-0.4, -0.2) is 45.4 Å². The first-order valence-corrected chi connectivity index (χ1v) is 23.3. The summed E-state index contributed by atoms with van der Waals surface area (Å²) in [6.07, 6.45) is 0.847. The summed E-state index contributed by atoms with van der Waals surface area (Å²) in [7, 11) is 0. The first-order chi connectivity index (χ1) is 31.1. The molecule has 14 nitrogen and oxygen atoms in total. The van der Waals surface area contributed by atoms with Crippen LogP contribution in [0, 0.1) is 22.5 Å². The Morgan fingerprint density at radius 1 is 0.848 bits per heavy atom. The molecule has 0 aliphatic carbocycles. The molecule has 2 amide bonds. The number of hydrogen-bond donors (Lipinski definition) is 2. The predicted octanol–water partition coefficient (Wildman–Crippen LogP) is 12.0. The van der Waals surface area contributed by atoms with E-state index in [2.05, 4.69) is 74.5 Å². The summed E-state index contributed by atoms with van der Waals surface area (Å²) in [5.41, 5.74) is 2.91. The Morgan fingerprint density at radius 3 is 2.21 bits per heavy atom. The lowest BCUT2D eigenvalue weighted by molar-refractivity contribution is -0.384. The highest BCUT2D eigenvalue weighted by Crippen LogP contribution is 2.39. The van der Waals surface area contributed by atoms with E-state index in [1.807, 2.05) is 37.3 Å². The van der Waals surface area contributed by atoms with Crippen molar-refractivity contribution in [2.24, 2.45) is 5.41 Å². The number of carbonyl (C=O) groups excluding carboxylic acids is 3. The van der Waals surface area contributed by atoms with Gasteiger partial charge in [0.05, 0.1) is 22.2 Å². The van der Waals surface area contributed by atoms with Crippen molar-refractivity contribution >= 4 is 58.0 Å². The number of nitro groups is 1. The second kappa shape index (κ2) is 22.0. The van der Waals surface area contributed by atoms with Crippen LogP contribution in [-0.2, 0) is 37.6 Å². The van der Waals surface area contributed by atoms with Gasteiger partial charge in [0.1, 0.15) is 17.2 Å². The van der Waals surface area contributed by atoms with Crippen molar-refractivity contribution in [1.29, 1.82) is 0 Å². The first-order valence-electron chi connectivity index (χ1n) is 21.9. The molecule has 0 aliphatic heterocycles. The number of non-ortho nitro benzene ring substituents is 1. The number of nitrogens with zero attached hydrogens (tertiary/aromatic N) is 3. The van der Waals surface area contributed by atoms with Gasteiger partial charge in [-0.1, -0.05) is 116 Å². The molecule has 0 saturated carbocycles. The second-order valence-electron chi connectivity index (χ2n) is 18.4. The molecular weight excluding hydrogens is 882 g/mol. The summed E-state index contributed by atoms with van der Waals surface area (Å²) in [5, 5.41) is 25.7. The second-order valence-corrected chi connectivity index (χ2v) is 19.7. The van der Waals surface area contributed by atoms with Crippen molar-refractivity contribution in [3.63, 3.8) is 0 Å². The summed E-state index contributed by atoms with van der Waals surface area (Å²) in [4.78, 5) is 52.3. The zero-order chi connectivity index (χ0) is 48.4. The van der Waals surface area contributed by atoms with Gasteiger partial charge in [-0.2, -0.15) is 0 Å². The summed E-state index contributed by atoms with van der Waals surface area (Å²) in [6, 6.07) is 22.3. The number of halogens is 1. The fourth-order valence-electron chi connectivity index (χ4n) is 6.46. The van der Waals surface area contributed by atoms with Crippen molar-refractivity contribution in [3.05, 3.63) is 122 Å². The van der Waals surface area contributed by atoms with Crippen LogP contribution in [0.25, 0.3) is 0 Å². The fourth-order valence-corrected chi connectivity index (χ4v) is 7.39. The Bertz CT molecular complexity index is 2520. The number of Topliss-reactive ketones (excluding diaryl/α,β-unsaturated/α-hetero) is 1. The summed E-state index contributed by atoms with van der Waals surface area (Å²) < 4.78 is 23.9. The van der Waals surface area contributed by atoms with Gasteiger partial charge in [-0.25, -0.2) is 0 Å². The number of aromatic nitrogens is 2. The van der Waals surface area contributed by atoms with Crippen LogP contribution >= 0.6 is 23.4 Å². The van der Waals surface area contributed by atoms with E-state index in [4.69, 9.17) is 30.2 Å². The highest BCUT2D eigenvalue weighted by atomic mass is 35.5. The summed E-state index contributed by atoms with van der Waals surface area (Å²) in [5.74, 6) is 0.0559. The zero-order valence-electron chi connectivity index (χ0n) is 39.3. The molecular formula is C50H60ClN5O9S. The third kappa shape index (κ3) is 13.8. The highest BCUT2D eigenvalue weighted by Gasteiger charge is 2.38. The molecule has 0 aliphatic rings. The van der Waals surface area contributed by atoms with Crippen molar-refractivity contribution in [3.8, 4) is 17.2 Å². The summed E-state index contributed by atoms with van der Waals surface area (Å²) in [6.45, 7) is 20.5. The van der Waals surface area contributed by atoms with Gasteiger partial charge >= 0.3 is 0 Å². The molecule has 1 heterocycles. The molecule has 0 bridgehead atoms. The molecule has 4 aromatic carbocycles. The molecule has 5 aromatic rings. The number of aryl methyl sites for hydroxylation is 1. The van der Waals surface area contributed by atoms with Crippen LogP contribution < -0.4 is 24.8 Å². The Morgan fingerprint density at radius 2 is 1.55 bits per heavy atom. The van der Waals surface area contributed by atoms with Crippen molar-refractivity contribution < 1.29 is 37.9 Å². The molecule has 5 rings (SSSR count). The van der Waals surface area contributed by atoms with Crippen molar-refractivity contribution in [2.75, 3.05) is 17.2 Å². The van der Waals surface area contributed by atoms with E-state index in [1.165, 1.54) is 35.9 Å². The van der Waals surface area contributed by atoms with Gasteiger partial charge in [0.25, 0.3) is 22.7 Å². The van der Waals surface area contributed by atoms with Crippen LogP contribution in [0.2, 0.25) is 5.02 Å². The predicted molar refractivity (Wildman–Crippen MR) is 258 cm³/mol. The number of nitro benzene ring substituents is 1. The Balaban J connectivity index is 1.25. The number of rotatable bonds is 22. The van der Waals surface area contributed by atoms with Gasteiger partial charge in [-0.15, -0.1) is 10.2 Å². The van der Waals surface area contributed by atoms with Crippen LogP contribution in [0.15, 0.2) is 88.5 Å². The molecule has 16 heteroatoms. The lowest BCUT2D eigenvalue weighted by Crippen LogP contribution is -2.45. The fraction of sp³-hybridized carbons (Fsp3) is 0.420. The average molecular weight is 943 g/mol. The third-order valence-electron chi connectivity index (χ3n) is 11.5. The van der Waals surface area contributed by atoms with Gasteiger partial charge in [-0.05, 0) is 85.0 Å². The van der Waals surface area contributed by atoms with Crippen LogP contribution in [0.5, 0.6) is 17.2 Å². The Hall–Kier alpha value is -5.93. The number of anilines is 2. The van der Waals surface area contributed by atoms with E-state index in [1.54, 1.807) is 26.8 Å². The van der Waals surface area contributed by atoms with Gasteiger partial charge in [-0.3, -0.25) is 24.5 Å². The Labute approximate surface area is 396 Å². The lowest BCUT2D eigenvalue weighted by Gasteiger charge is -2.30. The maximum absolute atomic E-state index is 14.0. The quantitative estimate of drug-likeness (QED) is 0.0220.